The van der Waals surface area contributed by atoms with Gasteiger partial charge < -0.3 is 9.64 Å². The van der Waals surface area contributed by atoms with Crippen LogP contribution in [0.1, 0.15) is 25.3 Å². The van der Waals surface area contributed by atoms with Gasteiger partial charge in [0.25, 0.3) is 0 Å². The lowest BCUT2D eigenvalue weighted by atomic mass is 10.2. The first-order chi connectivity index (χ1) is 9.17. The largest absolute Gasteiger partial charge is 0.464 e. The topological polar surface area (TPSA) is 53.3 Å². The fourth-order valence-corrected chi connectivity index (χ4v) is 2.55. The summed E-state index contributed by atoms with van der Waals surface area (Å²) in [6.45, 7) is 2.98. The fraction of sp³-hybridized carbons (Fsp3) is 0.429. The van der Waals surface area contributed by atoms with Crippen molar-refractivity contribution in [3.8, 4) is 6.07 Å². The van der Waals surface area contributed by atoms with E-state index in [1.807, 2.05) is 17.0 Å². The normalized spacial score (nSPS) is 18.2. The molecular formula is C14H15ClN2O2. The maximum atomic E-state index is 11.9. The number of anilines is 1. The average Bonchev–Trinajstić information content (AvgIpc) is 2.88. The SMILES string of the molecule is CCOC(=O)C1CCCN1c1ccc(C#N)c(Cl)c1. The van der Waals surface area contributed by atoms with Crippen molar-refractivity contribution < 1.29 is 9.53 Å². The Hall–Kier alpha value is -1.73. The second kappa shape index (κ2) is 5.94. The van der Waals surface area contributed by atoms with Gasteiger partial charge in [-0.05, 0) is 38.0 Å². The van der Waals surface area contributed by atoms with Crippen LogP contribution in [0.2, 0.25) is 5.02 Å². The summed E-state index contributed by atoms with van der Waals surface area (Å²) in [5.74, 6) is -0.194. The van der Waals surface area contributed by atoms with Gasteiger partial charge in [0.15, 0.2) is 0 Å². The average molecular weight is 279 g/mol. The molecule has 0 amide bonds. The molecule has 1 aliphatic rings. The summed E-state index contributed by atoms with van der Waals surface area (Å²) in [6.07, 6.45) is 1.73. The maximum absolute atomic E-state index is 11.9. The number of esters is 1. The Balaban J connectivity index is 2.23. The van der Waals surface area contributed by atoms with Gasteiger partial charge in [-0.3, -0.25) is 0 Å². The number of benzene rings is 1. The summed E-state index contributed by atoms with van der Waals surface area (Å²) in [4.78, 5) is 13.9. The van der Waals surface area contributed by atoms with Crippen LogP contribution < -0.4 is 4.90 Å². The zero-order valence-electron chi connectivity index (χ0n) is 10.7. The molecule has 1 saturated heterocycles. The van der Waals surface area contributed by atoms with Crippen LogP contribution in [0.4, 0.5) is 5.69 Å². The predicted octanol–water partition coefficient (Wildman–Crippen LogP) is 2.74. The van der Waals surface area contributed by atoms with Crippen LogP contribution in [0.3, 0.4) is 0 Å². The molecule has 0 radical (unpaired) electrons. The summed E-state index contributed by atoms with van der Waals surface area (Å²) in [6, 6.07) is 7.01. The molecule has 5 heteroatoms. The molecule has 1 unspecified atom stereocenters. The lowest BCUT2D eigenvalue weighted by Gasteiger charge is -2.25. The van der Waals surface area contributed by atoms with Gasteiger partial charge in [0.2, 0.25) is 0 Å². The first kappa shape index (κ1) is 13.7. The van der Waals surface area contributed by atoms with E-state index < -0.39 is 0 Å². The minimum absolute atomic E-state index is 0.194. The zero-order chi connectivity index (χ0) is 13.8. The highest BCUT2D eigenvalue weighted by atomic mass is 35.5. The number of carbonyl (C=O) groups is 1. The Bertz CT molecular complexity index is 525. The molecule has 0 N–H and O–H groups in total. The molecule has 1 atom stereocenters. The Morgan fingerprint density at radius 1 is 1.63 bits per heavy atom. The lowest BCUT2D eigenvalue weighted by molar-refractivity contribution is -0.144. The maximum Gasteiger partial charge on any atom is 0.328 e. The molecular weight excluding hydrogens is 264 g/mol. The van der Waals surface area contributed by atoms with Crippen LogP contribution in [0, 0.1) is 11.3 Å². The van der Waals surface area contributed by atoms with Crippen LogP contribution in [-0.4, -0.2) is 25.2 Å². The summed E-state index contributed by atoms with van der Waals surface area (Å²) in [7, 11) is 0. The van der Waals surface area contributed by atoms with Crippen molar-refractivity contribution in [1.29, 1.82) is 5.26 Å². The second-order valence-corrected chi connectivity index (χ2v) is 4.79. The molecule has 0 aliphatic carbocycles. The molecule has 4 nitrogen and oxygen atoms in total. The van der Waals surface area contributed by atoms with E-state index in [-0.39, 0.29) is 12.0 Å². The zero-order valence-corrected chi connectivity index (χ0v) is 11.5. The van der Waals surface area contributed by atoms with E-state index >= 15 is 0 Å². The van der Waals surface area contributed by atoms with E-state index in [1.54, 1.807) is 19.1 Å². The van der Waals surface area contributed by atoms with Crippen LogP contribution in [0.5, 0.6) is 0 Å². The van der Waals surface area contributed by atoms with Gasteiger partial charge in [-0.1, -0.05) is 11.6 Å². The molecule has 0 saturated carbocycles. The minimum atomic E-state index is -0.246. The van der Waals surface area contributed by atoms with E-state index in [0.717, 1.165) is 25.1 Å². The molecule has 2 rings (SSSR count). The first-order valence-corrected chi connectivity index (χ1v) is 6.68. The van der Waals surface area contributed by atoms with Crippen molar-refractivity contribution in [3.63, 3.8) is 0 Å². The van der Waals surface area contributed by atoms with E-state index in [0.29, 0.717) is 17.2 Å². The molecule has 100 valence electrons. The van der Waals surface area contributed by atoms with Gasteiger partial charge in [-0.25, -0.2) is 4.79 Å². The van der Waals surface area contributed by atoms with Crippen molar-refractivity contribution in [2.45, 2.75) is 25.8 Å². The molecule has 1 fully saturated rings. The lowest BCUT2D eigenvalue weighted by Crippen LogP contribution is -2.37. The number of nitriles is 1. The number of hydrogen-bond acceptors (Lipinski definition) is 4. The highest BCUT2D eigenvalue weighted by Gasteiger charge is 2.32. The summed E-state index contributed by atoms with van der Waals surface area (Å²) < 4.78 is 5.09. The van der Waals surface area contributed by atoms with Gasteiger partial charge in [0.05, 0.1) is 17.2 Å². The Kier molecular flexibility index (Phi) is 4.28. The number of carbonyl (C=O) groups excluding carboxylic acids is 1. The molecule has 0 bridgehead atoms. The van der Waals surface area contributed by atoms with Crippen LogP contribution >= 0.6 is 11.6 Å². The fourth-order valence-electron chi connectivity index (χ4n) is 2.33. The van der Waals surface area contributed by atoms with E-state index in [4.69, 9.17) is 21.6 Å². The first-order valence-electron chi connectivity index (χ1n) is 6.30. The highest BCUT2D eigenvalue weighted by molar-refractivity contribution is 6.32. The summed E-state index contributed by atoms with van der Waals surface area (Å²) in [5, 5.41) is 9.27. The van der Waals surface area contributed by atoms with Crippen molar-refractivity contribution in [3.05, 3.63) is 28.8 Å². The molecule has 1 heterocycles. The summed E-state index contributed by atoms with van der Waals surface area (Å²) >= 11 is 6.03. The smallest absolute Gasteiger partial charge is 0.328 e. The Morgan fingerprint density at radius 3 is 3.05 bits per heavy atom. The van der Waals surface area contributed by atoms with Gasteiger partial charge in [-0.2, -0.15) is 5.26 Å². The highest BCUT2D eigenvalue weighted by Crippen LogP contribution is 2.29. The van der Waals surface area contributed by atoms with Crippen LogP contribution in [0.25, 0.3) is 0 Å². The van der Waals surface area contributed by atoms with Crippen molar-refractivity contribution >= 4 is 23.3 Å². The molecule has 1 aromatic rings. The third-order valence-corrected chi connectivity index (χ3v) is 3.53. The van der Waals surface area contributed by atoms with E-state index in [9.17, 15) is 4.79 Å². The number of rotatable bonds is 3. The quantitative estimate of drug-likeness (QED) is 0.798. The monoisotopic (exact) mass is 278 g/mol. The van der Waals surface area contributed by atoms with Crippen molar-refractivity contribution in [1.82, 2.24) is 0 Å². The van der Waals surface area contributed by atoms with Crippen LogP contribution in [-0.2, 0) is 9.53 Å². The van der Waals surface area contributed by atoms with E-state index in [2.05, 4.69) is 0 Å². The van der Waals surface area contributed by atoms with Gasteiger partial charge >= 0.3 is 5.97 Å². The third-order valence-electron chi connectivity index (χ3n) is 3.22. The number of ether oxygens (including phenoxy) is 1. The molecule has 0 aromatic heterocycles. The Labute approximate surface area is 117 Å². The summed E-state index contributed by atoms with van der Waals surface area (Å²) in [5.41, 5.74) is 1.30. The van der Waals surface area contributed by atoms with Crippen molar-refractivity contribution in [2.75, 3.05) is 18.1 Å². The Morgan fingerprint density at radius 2 is 2.42 bits per heavy atom. The predicted molar refractivity (Wildman–Crippen MR) is 73.2 cm³/mol. The molecule has 19 heavy (non-hydrogen) atoms. The molecule has 0 spiro atoms. The van der Waals surface area contributed by atoms with E-state index in [1.165, 1.54) is 0 Å². The number of halogens is 1. The molecule has 1 aliphatic heterocycles. The van der Waals surface area contributed by atoms with Gasteiger partial charge in [0, 0.05) is 12.2 Å². The van der Waals surface area contributed by atoms with Gasteiger partial charge in [0.1, 0.15) is 12.1 Å². The number of hydrogen-bond donors (Lipinski definition) is 0. The van der Waals surface area contributed by atoms with Gasteiger partial charge in [-0.15, -0.1) is 0 Å². The minimum Gasteiger partial charge on any atom is -0.464 e. The molecule has 1 aromatic carbocycles. The second-order valence-electron chi connectivity index (χ2n) is 4.38. The van der Waals surface area contributed by atoms with Crippen molar-refractivity contribution in [2.24, 2.45) is 0 Å². The standard InChI is InChI=1S/C14H15ClN2O2/c1-2-19-14(18)13-4-3-7-17(13)11-6-5-10(9-16)12(15)8-11/h5-6,8,13H,2-4,7H2,1H3. The van der Waals surface area contributed by atoms with Crippen LogP contribution in [0.15, 0.2) is 18.2 Å². The third kappa shape index (κ3) is 2.82. The number of nitrogens with zero attached hydrogens (tertiary/aromatic N) is 2.